The Kier molecular flexibility index (Phi) is 9.21. The van der Waals surface area contributed by atoms with Crippen LogP contribution in [0.3, 0.4) is 0 Å². The van der Waals surface area contributed by atoms with Gasteiger partial charge in [-0.25, -0.2) is 28.0 Å². The molecule has 0 saturated heterocycles. The summed E-state index contributed by atoms with van der Waals surface area (Å²) in [5.41, 5.74) is 0.0870. The Hall–Kier alpha value is -5.64. The Bertz CT molecular complexity index is 1570. The van der Waals surface area contributed by atoms with Gasteiger partial charge in [-0.3, -0.25) is 0 Å². The van der Waals surface area contributed by atoms with Gasteiger partial charge in [-0.05, 0) is 29.8 Å². The summed E-state index contributed by atoms with van der Waals surface area (Å²) >= 11 is 0. The van der Waals surface area contributed by atoms with E-state index in [1.807, 2.05) is 0 Å². The first-order valence-electron chi connectivity index (χ1n) is 11.2. The van der Waals surface area contributed by atoms with Gasteiger partial charge in [0, 0.05) is 53.1 Å². The highest BCUT2D eigenvalue weighted by atomic mass is 19.1. The molecule has 0 atom stereocenters. The van der Waals surface area contributed by atoms with E-state index in [0.29, 0.717) is 0 Å². The zero-order valence-electron chi connectivity index (χ0n) is 20.8. The molecule has 8 nitrogen and oxygen atoms in total. The molecule has 0 aliphatic carbocycles. The maximum atomic E-state index is 15.5. The Balaban J connectivity index is 2.12. The number of hydrogen-bond donors (Lipinski definition) is 0. The van der Waals surface area contributed by atoms with E-state index in [1.165, 1.54) is 30.3 Å². The van der Waals surface area contributed by atoms with Gasteiger partial charge in [0.1, 0.15) is 23.1 Å². The maximum absolute atomic E-state index is 15.5. The van der Waals surface area contributed by atoms with Gasteiger partial charge in [-0.15, -0.1) is 0 Å². The smallest absolute Gasteiger partial charge is 0.335 e. The van der Waals surface area contributed by atoms with Crippen molar-refractivity contribution in [3.8, 4) is 45.3 Å². The Labute approximate surface area is 227 Å². The Morgan fingerprint density at radius 1 is 0.525 bits per heavy atom. The fourth-order valence-corrected chi connectivity index (χ4v) is 3.31. The van der Waals surface area contributed by atoms with E-state index in [9.17, 15) is 23.6 Å². The van der Waals surface area contributed by atoms with Crippen molar-refractivity contribution in [2.75, 3.05) is 0 Å². The van der Waals surface area contributed by atoms with E-state index in [2.05, 4.69) is 26.3 Å². The summed E-state index contributed by atoms with van der Waals surface area (Å²) in [6.45, 7) is 13.2. The minimum atomic E-state index is -1.05. The minimum Gasteiger partial charge on any atom is -0.423 e. The quantitative estimate of drug-likeness (QED) is 0.182. The second kappa shape index (κ2) is 12.7. The van der Waals surface area contributed by atoms with Crippen LogP contribution < -0.4 is 18.9 Å². The number of carbonyl (C=O) groups excluding carboxylic acids is 4. The zero-order chi connectivity index (χ0) is 29.4. The summed E-state index contributed by atoms with van der Waals surface area (Å²) in [5.74, 6) is -6.37. The zero-order valence-corrected chi connectivity index (χ0v) is 20.8. The number of benzene rings is 3. The largest absolute Gasteiger partial charge is 0.423 e. The van der Waals surface area contributed by atoms with Crippen LogP contribution >= 0.6 is 0 Å². The lowest BCUT2D eigenvalue weighted by Gasteiger charge is -2.15. The summed E-state index contributed by atoms with van der Waals surface area (Å²) in [6, 6.07) is 9.56. The molecule has 0 radical (unpaired) electrons. The van der Waals surface area contributed by atoms with Crippen LogP contribution in [-0.2, 0) is 19.2 Å². The van der Waals surface area contributed by atoms with E-state index < -0.39 is 41.3 Å². The highest BCUT2D eigenvalue weighted by molar-refractivity contribution is 5.89. The number of carbonyl (C=O) groups is 4. The molecule has 40 heavy (non-hydrogen) atoms. The monoisotopic (exact) mass is 546 g/mol. The summed E-state index contributed by atoms with van der Waals surface area (Å²) < 4.78 is 50.5. The molecular formula is C30H20F2O8. The number of rotatable bonds is 10. The Morgan fingerprint density at radius 3 is 1.57 bits per heavy atom. The van der Waals surface area contributed by atoms with Gasteiger partial charge in [-0.1, -0.05) is 38.4 Å². The average Bonchev–Trinajstić information content (AvgIpc) is 2.94. The summed E-state index contributed by atoms with van der Waals surface area (Å²) in [7, 11) is 0. The molecule has 0 aliphatic rings. The molecule has 0 aliphatic heterocycles. The van der Waals surface area contributed by atoms with E-state index in [-0.39, 0.29) is 39.5 Å². The molecule has 0 spiro atoms. The normalized spacial score (nSPS) is 10.1. The molecule has 10 heteroatoms. The summed E-state index contributed by atoms with van der Waals surface area (Å²) in [6.07, 6.45) is 3.49. The van der Waals surface area contributed by atoms with E-state index >= 15 is 4.39 Å². The third kappa shape index (κ3) is 6.81. The molecule has 3 rings (SSSR count). The first-order chi connectivity index (χ1) is 19.1. The van der Waals surface area contributed by atoms with Crippen LogP contribution in [0.5, 0.6) is 23.0 Å². The number of hydrogen-bond acceptors (Lipinski definition) is 8. The summed E-state index contributed by atoms with van der Waals surface area (Å²) in [4.78, 5) is 46.9. The van der Waals surface area contributed by atoms with Gasteiger partial charge in [0.15, 0.2) is 11.6 Å². The van der Waals surface area contributed by atoms with Crippen molar-refractivity contribution in [1.29, 1.82) is 0 Å². The van der Waals surface area contributed by atoms with Crippen molar-refractivity contribution in [3.05, 3.63) is 111 Å². The van der Waals surface area contributed by atoms with Gasteiger partial charge in [0.25, 0.3) is 0 Å². The van der Waals surface area contributed by atoms with Gasteiger partial charge in [-0.2, -0.15) is 0 Å². The lowest BCUT2D eigenvalue weighted by Crippen LogP contribution is -2.08. The maximum Gasteiger partial charge on any atom is 0.335 e. The van der Waals surface area contributed by atoms with Crippen molar-refractivity contribution in [2.45, 2.75) is 0 Å². The lowest BCUT2D eigenvalue weighted by molar-refractivity contribution is -0.130. The second-order valence-electron chi connectivity index (χ2n) is 7.63. The molecule has 0 heterocycles. The van der Waals surface area contributed by atoms with Crippen LogP contribution in [-0.4, -0.2) is 23.9 Å². The van der Waals surface area contributed by atoms with Crippen LogP contribution in [0.1, 0.15) is 0 Å². The molecule has 0 bridgehead atoms. The van der Waals surface area contributed by atoms with Crippen LogP contribution in [0.2, 0.25) is 0 Å². The highest BCUT2D eigenvalue weighted by Crippen LogP contribution is 2.40. The van der Waals surface area contributed by atoms with Gasteiger partial charge >= 0.3 is 23.9 Å². The van der Waals surface area contributed by atoms with Crippen LogP contribution in [0.15, 0.2) is 99.2 Å². The first-order valence-corrected chi connectivity index (χ1v) is 11.2. The SMILES string of the molecule is C=CC(=O)Oc1ccc(-c2ccc(-c3cc(F)c(OC(=O)C=C)cc3OC(=O)C=C)c(F)c2)c(OC(=O)C=C)c1. The highest BCUT2D eigenvalue weighted by Gasteiger charge is 2.21. The lowest BCUT2D eigenvalue weighted by atomic mass is 9.98. The summed E-state index contributed by atoms with van der Waals surface area (Å²) in [5, 5.41) is 0. The van der Waals surface area contributed by atoms with Crippen molar-refractivity contribution >= 4 is 23.9 Å². The van der Waals surface area contributed by atoms with Crippen molar-refractivity contribution in [3.63, 3.8) is 0 Å². The standard InChI is InChI=1S/C30H20F2O8/c1-5-27(33)37-18-10-12-19(24(14-18)38-28(34)6-2)17-9-11-20(22(31)13-17)21-15-23(32)26(40-30(36)8-4)16-25(21)39-29(35)7-3/h5-16H,1-4H2. The molecule has 3 aromatic rings. The number of esters is 4. The molecule has 0 saturated carbocycles. The van der Waals surface area contributed by atoms with Crippen molar-refractivity contribution < 1.29 is 46.9 Å². The van der Waals surface area contributed by atoms with E-state index in [4.69, 9.17) is 18.9 Å². The van der Waals surface area contributed by atoms with Crippen molar-refractivity contribution in [2.24, 2.45) is 0 Å². The number of ether oxygens (including phenoxy) is 4. The molecule has 0 N–H and O–H groups in total. The van der Waals surface area contributed by atoms with E-state index in [0.717, 1.165) is 42.5 Å². The molecular weight excluding hydrogens is 526 g/mol. The number of halogens is 2. The van der Waals surface area contributed by atoms with Crippen LogP contribution in [0, 0.1) is 11.6 Å². The second-order valence-corrected chi connectivity index (χ2v) is 7.63. The van der Waals surface area contributed by atoms with Crippen LogP contribution in [0.25, 0.3) is 22.3 Å². The third-order valence-electron chi connectivity index (χ3n) is 5.07. The molecule has 202 valence electrons. The van der Waals surface area contributed by atoms with Crippen LogP contribution in [0.4, 0.5) is 8.78 Å². The van der Waals surface area contributed by atoms with Gasteiger partial charge in [0.05, 0.1) is 0 Å². The molecule has 0 unspecified atom stereocenters. The van der Waals surface area contributed by atoms with Gasteiger partial charge < -0.3 is 18.9 Å². The fraction of sp³-hybridized carbons (Fsp3) is 0. The topological polar surface area (TPSA) is 105 Å². The third-order valence-corrected chi connectivity index (χ3v) is 5.07. The van der Waals surface area contributed by atoms with E-state index in [1.54, 1.807) is 0 Å². The Morgan fingerprint density at radius 2 is 1.02 bits per heavy atom. The minimum absolute atomic E-state index is 0.0269. The molecule has 3 aromatic carbocycles. The molecule has 0 amide bonds. The predicted octanol–water partition coefficient (Wildman–Crippen LogP) is 5.66. The fourth-order valence-electron chi connectivity index (χ4n) is 3.31. The average molecular weight is 546 g/mol. The molecule has 0 aromatic heterocycles. The first kappa shape index (κ1) is 28.9. The molecule has 0 fully saturated rings. The van der Waals surface area contributed by atoms with Gasteiger partial charge in [0.2, 0.25) is 0 Å². The van der Waals surface area contributed by atoms with Crippen molar-refractivity contribution in [1.82, 2.24) is 0 Å². The predicted molar refractivity (Wildman–Crippen MR) is 141 cm³/mol.